The zero-order valence-corrected chi connectivity index (χ0v) is 17.3. The Labute approximate surface area is 174 Å². The van der Waals surface area contributed by atoms with Gasteiger partial charge in [0, 0.05) is 26.2 Å². The van der Waals surface area contributed by atoms with Crippen molar-refractivity contribution in [2.24, 2.45) is 0 Å². The molecule has 3 N–H and O–H groups in total. The molecule has 0 unspecified atom stereocenters. The van der Waals surface area contributed by atoms with Crippen LogP contribution in [-0.2, 0) is 13.2 Å². The van der Waals surface area contributed by atoms with Crippen LogP contribution in [0.3, 0.4) is 0 Å². The van der Waals surface area contributed by atoms with Gasteiger partial charge in [-0.15, -0.1) is 0 Å². The highest BCUT2D eigenvalue weighted by molar-refractivity contribution is 6.42. The molecule has 2 rings (SSSR count). The Hall–Kier alpha value is -1.21. The van der Waals surface area contributed by atoms with Crippen molar-refractivity contribution in [1.29, 1.82) is 0 Å². The van der Waals surface area contributed by atoms with Gasteiger partial charge in [0.25, 0.3) is 0 Å². The lowest BCUT2D eigenvalue weighted by Gasteiger charge is -2.15. The Morgan fingerprint density at radius 1 is 0.889 bits per heavy atom. The van der Waals surface area contributed by atoms with Gasteiger partial charge in [0.2, 0.25) is 0 Å². The van der Waals surface area contributed by atoms with Crippen molar-refractivity contribution in [3.63, 3.8) is 0 Å². The third-order valence-electron chi connectivity index (χ3n) is 3.75. The highest BCUT2D eigenvalue weighted by atomic mass is 35.5. The van der Waals surface area contributed by atoms with E-state index in [-0.39, 0.29) is 6.61 Å². The first-order valence-corrected chi connectivity index (χ1v) is 9.64. The normalized spacial score (nSPS) is 10.9. The first-order chi connectivity index (χ1) is 13.0. The molecular formula is C19H23Cl3N2O3. The smallest absolute Gasteiger partial charge is 0.180 e. The minimum atomic E-state index is 0.135. The van der Waals surface area contributed by atoms with E-state index < -0.39 is 0 Å². The molecule has 148 valence electrons. The number of benzene rings is 2. The summed E-state index contributed by atoms with van der Waals surface area (Å²) in [5.74, 6) is 1.05. The van der Waals surface area contributed by atoms with Crippen molar-refractivity contribution in [2.45, 2.75) is 13.2 Å². The van der Waals surface area contributed by atoms with Crippen molar-refractivity contribution in [2.75, 3.05) is 33.4 Å². The average Bonchev–Trinajstić information content (AvgIpc) is 2.66. The number of aliphatic hydroxyl groups excluding tert-OH is 1. The summed E-state index contributed by atoms with van der Waals surface area (Å²) < 4.78 is 11.3. The Morgan fingerprint density at radius 3 is 2.33 bits per heavy atom. The van der Waals surface area contributed by atoms with E-state index in [9.17, 15) is 0 Å². The zero-order chi connectivity index (χ0) is 19.6. The van der Waals surface area contributed by atoms with Gasteiger partial charge in [0.15, 0.2) is 11.5 Å². The Kier molecular flexibility index (Phi) is 9.48. The minimum Gasteiger partial charge on any atom is -0.493 e. The molecule has 0 atom stereocenters. The summed E-state index contributed by atoms with van der Waals surface area (Å²) in [6, 6.07) is 9.07. The standard InChI is InChI=1S/C19H23Cl3N2O3/c1-26-18-10-14(11-24-5-4-23-6-7-25)9-17(22)19(18)27-12-13-2-3-15(20)16(21)8-13/h2-3,8-10,23-25H,4-7,11-12H2,1H3. The zero-order valence-electron chi connectivity index (χ0n) is 15.0. The van der Waals surface area contributed by atoms with Crippen LogP contribution in [0.15, 0.2) is 30.3 Å². The number of hydrogen-bond acceptors (Lipinski definition) is 5. The first kappa shape index (κ1) is 22.1. The third kappa shape index (κ3) is 7.03. The molecule has 0 fully saturated rings. The summed E-state index contributed by atoms with van der Waals surface area (Å²) in [5, 5.41) is 16.6. The van der Waals surface area contributed by atoms with Crippen molar-refractivity contribution >= 4 is 34.8 Å². The summed E-state index contributed by atoms with van der Waals surface area (Å²) >= 11 is 18.4. The molecule has 0 radical (unpaired) electrons. The highest BCUT2D eigenvalue weighted by Crippen LogP contribution is 2.37. The maximum atomic E-state index is 8.72. The Bertz CT molecular complexity index is 744. The summed E-state index contributed by atoms with van der Waals surface area (Å²) in [7, 11) is 1.58. The molecule has 0 aliphatic heterocycles. The molecule has 0 saturated carbocycles. The van der Waals surface area contributed by atoms with Crippen LogP contribution in [0.5, 0.6) is 11.5 Å². The quantitative estimate of drug-likeness (QED) is 0.469. The number of methoxy groups -OCH3 is 1. The Morgan fingerprint density at radius 2 is 1.63 bits per heavy atom. The molecule has 2 aromatic carbocycles. The van der Waals surface area contributed by atoms with E-state index in [2.05, 4.69) is 10.6 Å². The van der Waals surface area contributed by atoms with Crippen LogP contribution in [0.1, 0.15) is 11.1 Å². The van der Waals surface area contributed by atoms with Crippen LogP contribution in [-0.4, -0.2) is 38.5 Å². The van der Waals surface area contributed by atoms with Crippen LogP contribution in [0.25, 0.3) is 0 Å². The van der Waals surface area contributed by atoms with E-state index in [1.54, 1.807) is 19.2 Å². The second kappa shape index (κ2) is 11.6. The van der Waals surface area contributed by atoms with Gasteiger partial charge in [-0.2, -0.15) is 0 Å². The van der Waals surface area contributed by atoms with Gasteiger partial charge in [0.1, 0.15) is 6.61 Å². The highest BCUT2D eigenvalue weighted by Gasteiger charge is 2.13. The largest absolute Gasteiger partial charge is 0.493 e. The van der Waals surface area contributed by atoms with E-state index in [1.165, 1.54) is 0 Å². The van der Waals surface area contributed by atoms with Crippen LogP contribution in [0.2, 0.25) is 15.1 Å². The Balaban J connectivity index is 1.97. The number of rotatable bonds is 11. The number of aliphatic hydroxyl groups is 1. The lowest BCUT2D eigenvalue weighted by Crippen LogP contribution is -2.28. The summed E-state index contributed by atoms with van der Waals surface area (Å²) in [6.07, 6.45) is 0. The summed E-state index contributed by atoms with van der Waals surface area (Å²) in [6.45, 7) is 3.21. The second-order valence-electron chi connectivity index (χ2n) is 5.80. The van der Waals surface area contributed by atoms with Crippen molar-refractivity contribution < 1.29 is 14.6 Å². The molecule has 0 aliphatic rings. The number of nitrogens with one attached hydrogen (secondary N) is 2. The monoisotopic (exact) mass is 432 g/mol. The molecular weight excluding hydrogens is 411 g/mol. The van der Waals surface area contributed by atoms with E-state index in [1.807, 2.05) is 18.2 Å². The van der Waals surface area contributed by atoms with Gasteiger partial charge >= 0.3 is 0 Å². The third-order valence-corrected chi connectivity index (χ3v) is 4.77. The molecule has 0 aromatic heterocycles. The average molecular weight is 434 g/mol. The van der Waals surface area contributed by atoms with Gasteiger partial charge in [-0.3, -0.25) is 0 Å². The lowest BCUT2D eigenvalue weighted by molar-refractivity contribution is 0.284. The minimum absolute atomic E-state index is 0.135. The number of hydrogen-bond donors (Lipinski definition) is 3. The maximum absolute atomic E-state index is 8.72. The lowest BCUT2D eigenvalue weighted by atomic mass is 10.2. The number of ether oxygens (including phenoxy) is 2. The molecule has 0 heterocycles. The molecule has 0 saturated heterocycles. The SMILES string of the molecule is COc1cc(CNCCNCCO)cc(Cl)c1OCc1ccc(Cl)c(Cl)c1. The fraction of sp³-hybridized carbons (Fsp3) is 0.368. The molecule has 0 spiro atoms. The first-order valence-electron chi connectivity index (χ1n) is 8.50. The van der Waals surface area contributed by atoms with Crippen molar-refractivity contribution in [1.82, 2.24) is 10.6 Å². The second-order valence-corrected chi connectivity index (χ2v) is 7.02. The summed E-state index contributed by atoms with van der Waals surface area (Å²) in [4.78, 5) is 0. The van der Waals surface area contributed by atoms with Gasteiger partial charge in [-0.25, -0.2) is 0 Å². The van der Waals surface area contributed by atoms with E-state index in [0.717, 1.165) is 24.2 Å². The molecule has 0 aliphatic carbocycles. The van der Waals surface area contributed by atoms with Gasteiger partial charge < -0.3 is 25.2 Å². The molecule has 0 bridgehead atoms. The molecule has 5 nitrogen and oxygen atoms in total. The van der Waals surface area contributed by atoms with E-state index in [4.69, 9.17) is 49.4 Å². The number of halogens is 3. The summed E-state index contributed by atoms with van der Waals surface area (Å²) in [5.41, 5.74) is 1.87. The maximum Gasteiger partial charge on any atom is 0.180 e. The van der Waals surface area contributed by atoms with Crippen LogP contribution >= 0.6 is 34.8 Å². The van der Waals surface area contributed by atoms with Gasteiger partial charge in [-0.05, 0) is 35.4 Å². The van der Waals surface area contributed by atoms with Crippen molar-refractivity contribution in [3.8, 4) is 11.5 Å². The predicted molar refractivity (Wildman–Crippen MR) is 110 cm³/mol. The van der Waals surface area contributed by atoms with Crippen LogP contribution in [0, 0.1) is 0 Å². The van der Waals surface area contributed by atoms with E-state index in [0.29, 0.717) is 46.3 Å². The molecule has 27 heavy (non-hydrogen) atoms. The van der Waals surface area contributed by atoms with Crippen LogP contribution < -0.4 is 20.1 Å². The topological polar surface area (TPSA) is 62.8 Å². The van der Waals surface area contributed by atoms with Gasteiger partial charge in [-0.1, -0.05) is 40.9 Å². The molecule has 8 heteroatoms. The fourth-order valence-electron chi connectivity index (χ4n) is 2.41. The van der Waals surface area contributed by atoms with Gasteiger partial charge in [0.05, 0.1) is 28.8 Å². The predicted octanol–water partition coefficient (Wildman–Crippen LogP) is 3.91. The van der Waals surface area contributed by atoms with Crippen molar-refractivity contribution in [3.05, 3.63) is 56.5 Å². The van der Waals surface area contributed by atoms with E-state index >= 15 is 0 Å². The van der Waals surface area contributed by atoms with Crippen LogP contribution in [0.4, 0.5) is 0 Å². The fourth-order valence-corrected chi connectivity index (χ4v) is 3.02. The molecule has 0 amide bonds. The molecule has 2 aromatic rings.